The lowest BCUT2D eigenvalue weighted by molar-refractivity contribution is 0.0283. The molecule has 3 N–H and O–H groups in total. The molecular weight excluding hydrogens is 405 g/mol. The topological polar surface area (TPSA) is 117 Å². The highest BCUT2D eigenvalue weighted by molar-refractivity contribution is 5.84. The molecule has 0 bridgehead atoms. The average molecular weight is 438 g/mol. The second-order valence-corrected chi connectivity index (χ2v) is 8.98. The van der Waals surface area contributed by atoms with Gasteiger partial charge in [-0.25, -0.2) is 14.2 Å². The lowest BCUT2D eigenvalue weighted by atomic mass is 10.1. The van der Waals surface area contributed by atoms with Crippen LogP contribution in [0.3, 0.4) is 0 Å². The number of carbonyl (C=O) groups is 1. The second kappa shape index (κ2) is 8.81. The minimum absolute atomic E-state index is 0.0614. The number of likely N-dealkylation sites (tertiary alicyclic amines) is 1. The van der Waals surface area contributed by atoms with Crippen LogP contribution in [0.2, 0.25) is 0 Å². The molecular formula is C20H32FN7O3. The molecule has 1 saturated heterocycles. The van der Waals surface area contributed by atoms with E-state index in [0.717, 1.165) is 0 Å². The number of hydrogen-bond donors (Lipinski definition) is 3. The van der Waals surface area contributed by atoms with Crippen LogP contribution in [-0.4, -0.2) is 78.7 Å². The fourth-order valence-electron chi connectivity index (χ4n) is 3.45. The molecule has 0 radical (unpaired) electrons. The number of aliphatic hydroxyl groups is 1. The number of alkyl halides is 1. The number of hydrogen-bond acceptors (Lipinski definition) is 8. The molecule has 2 aromatic rings. The number of nitrogens with zero attached hydrogens (tertiary/aromatic N) is 5. The largest absolute Gasteiger partial charge is 0.444 e. The van der Waals surface area contributed by atoms with E-state index < -0.39 is 30.0 Å². The van der Waals surface area contributed by atoms with Crippen molar-refractivity contribution >= 4 is 29.0 Å². The first kappa shape index (κ1) is 23.0. The number of anilines is 2. The number of ether oxygens (including phenoxy) is 1. The zero-order chi connectivity index (χ0) is 22.9. The lowest BCUT2D eigenvalue weighted by Crippen LogP contribution is -2.36. The Kier molecular flexibility index (Phi) is 6.54. The molecule has 3 rings (SSSR count). The summed E-state index contributed by atoms with van der Waals surface area (Å²) >= 11 is 0. The molecule has 1 amide bonds. The van der Waals surface area contributed by atoms with Gasteiger partial charge in [-0.2, -0.15) is 9.97 Å². The van der Waals surface area contributed by atoms with Gasteiger partial charge in [-0.1, -0.05) is 6.92 Å². The smallest absolute Gasteiger partial charge is 0.410 e. The molecule has 1 aliphatic heterocycles. The number of carbonyl (C=O) groups excluding carboxylic acids is 1. The number of aryl methyl sites for hydroxylation is 1. The van der Waals surface area contributed by atoms with Crippen LogP contribution in [0.4, 0.5) is 21.0 Å². The lowest BCUT2D eigenvalue weighted by Gasteiger charge is -2.24. The van der Waals surface area contributed by atoms with Crippen molar-refractivity contribution < 1.29 is 19.0 Å². The van der Waals surface area contributed by atoms with Gasteiger partial charge in [-0.15, -0.1) is 0 Å². The maximum absolute atomic E-state index is 14.8. The first-order valence-electron chi connectivity index (χ1n) is 10.5. The van der Waals surface area contributed by atoms with Crippen molar-refractivity contribution in [1.29, 1.82) is 0 Å². The third-order valence-corrected chi connectivity index (χ3v) is 5.12. The zero-order valence-electron chi connectivity index (χ0n) is 18.9. The number of rotatable bonds is 6. The molecule has 4 atom stereocenters. The van der Waals surface area contributed by atoms with Crippen LogP contribution >= 0.6 is 0 Å². The van der Waals surface area contributed by atoms with Gasteiger partial charge >= 0.3 is 6.09 Å². The predicted octanol–water partition coefficient (Wildman–Crippen LogP) is 2.30. The van der Waals surface area contributed by atoms with Crippen LogP contribution in [0.1, 0.15) is 41.0 Å². The molecule has 172 valence electrons. The van der Waals surface area contributed by atoms with Crippen LogP contribution in [0, 0.1) is 0 Å². The van der Waals surface area contributed by atoms with Gasteiger partial charge < -0.3 is 29.9 Å². The summed E-state index contributed by atoms with van der Waals surface area (Å²) in [6, 6.07) is -0.902. The Balaban J connectivity index is 1.83. The van der Waals surface area contributed by atoms with Gasteiger partial charge in [0, 0.05) is 13.6 Å². The zero-order valence-corrected chi connectivity index (χ0v) is 18.9. The monoisotopic (exact) mass is 437 g/mol. The van der Waals surface area contributed by atoms with Gasteiger partial charge in [0.25, 0.3) is 0 Å². The summed E-state index contributed by atoms with van der Waals surface area (Å²) in [6.07, 6.45) is -0.157. The minimum Gasteiger partial charge on any atom is -0.444 e. The van der Waals surface area contributed by atoms with Gasteiger partial charge in [-0.3, -0.25) is 0 Å². The quantitative estimate of drug-likeness (QED) is 0.630. The Labute approximate surface area is 181 Å². The maximum Gasteiger partial charge on any atom is 0.410 e. The van der Waals surface area contributed by atoms with Crippen LogP contribution in [0.15, 0.2) is 6.33 Å². The fourth-order valence-corrected chi connectivity index (χ4v) is 3.45. The van der Waals surface area contributed by atoms with E-state index in [0.29, 0.717) is 29.4 Å². The molecule has 2 aromatic heterocycles. The van der Waals surface area contributed by atoms with Crippen molar-refractivity contribution in [2.75, 3.05) is 23.7 Å². The molecule has 1 aliphatic rings. The number of imidazole rings is 1. The van der Waals surface area contributed by atoms with E-state index in [1.54, 1.807) is 45.6 Å². The van der Waals surface area contributed by atoms with E-state index in [1.165, 1.54) is 4.90 Å². The molecule has 2 unspecified atom stereocenters. The average Bonchev–Trinajstić information content (AvgIpc) is 3.22. The van der Waals surface area contributed by atoms with Crippen LogP contribution in [-0.2, 0) is 11.8 Å². The van der Waals surface area contributed by atoms with Crippen molar-refractivity contribution in [3.05, 3.63) is 6.33 Å². The standard InChI is InChI=1S/C20H32FN7O3/c1-7-13(11(2)29)24-18-25-16(15-17(26-18)27(6)10-22-15)23-14-9-28(8-12(14)21)19(30)31-20(3,4)5/h10-14,29H,7-9H2,1-6H3,(H2,23,24,25,26)/t11-,12?,13+,14?/m1/s1. The van der Waals surface area contributed by atoms with Gasteiger partial charge in [0.15, 0.2) is 17.0 Å². The third-order valence-electron chi connectivity index (χ3n) is 5.12. The molecule has 11 heteroatoms. The van der Waals surface area contributed by atoms with Crippen molar-refractivity contribution in [3.8, 4) is 0 Å². The normalized spacial score (nSPS) is 21.2. The minimum atomic E-state index is -1.29. The van der Waals surface area contributed by atoms with Crippen LogP contribution in [0.5, 0.6) is 0 Å². The first-order valence-corrected chi connectivity index (χ1v) is 10.5. The summed E-state index contributed by atoms with van der Waals surface area (Å²) in [6.45, 7) is 9.04. The van der Waals surface area contributed by atoms with Gasteiger partial charge in [0.1, 0.15) is 11.8 Å². The molecule has 0 aromatic carbocycles. The summed E-state index contributed by atoms with van der Waals surface area (Å²) in [4.78, 5) is 27.0. The highest BCUT2D eigenvalue weighted by atomic mass is 19.1. The molecule has 1 fully saturated rings. The Morgan fingerprint density at radius 1 is 1.39 bits per heavy atom. The highest BCUT2D eigenvalue weighted by Gasteiger charge is 2.38. The Hall–Kier alpha value is -2.69. The van der Waals surface area contributed by atoms with E-state index in [9.17, 15) is 14.3 Å². The number of fused-ring (bicyclic) bond motifs is 1. The SMILES string of the molecule is CC[C@H](Nc1nc(NC2CN(C(=O)OC(C)(C)C)CC2F)c2ncn(C)c2n1)[C@@H](C)O. The second-order valence-electron chi connectivity index (χ2n) is 8.98. The molecule has 10 nitrogen and oxygen atoms in total. The number of halogens is 1. The third kappa shape index (κ3) is 5.33. The predicted molar refractivity (Wildman–Crippen MR) is 116 cm³/mol. The van der Waals surface area contributed by atoms with Gasteiger partial charge in [0.05, 0.1) is 31.1 Å². The number of amides is 1. The Morgan fingerprint density at radius 3 is 2.71 bits per heavy atom. The summed E-state index contributed by atoms with van der Waals surface area (Å²) in [5.41, 5.74) is 0.417. The van der Waals surface area contributed by atoms with E-state index in [-0.39, 0.29) is 19.1 Å². The maximum atomic E-state index is 14.8. The van der Waals surface area contributed by atoms with Crippen molar-refractivity contribution in [3.63, 3.8) is 0 Å². The van der Waals surface area contributed by atoms with E-state index in [2.05, 4.69) is 25.6 Å². The number of aliphatic hydroxyl groups excluding tert-OH is 1. The summed E-state index contributed by atoms with van der Waals surface area (Å²) in [5, 5.41) is 16.2. The molecule has 0 aliphatic carbocycles. The molecule has 3 heterocycles. The van der Waals surface area contributed by atoms with Crippen molar-refractivity contribution in [1.82, 2.24) is 24.4 Å². The highest BCUT2D eigenvalue weighted by Crippen LogP contribution is 2.25. The van der Waals surface area contributed by atoms with Crippen molar-refractivity contribution in [2.24, 2.45) is 7.05 Å². The van der Waals surface area contributed by atoms with E-state index in [4.69, 9.17) is 4.74 Å². The summed E-state index contributed by atoms with van der Waals surface area (Å²) in [5.74, 6) is 0.677. The van der Waals surface area contributed by atoms with Gasteiger partial charge in [0.2, 0.25) is 5.95 Å². The fraction of sp³-hybridized carbons (Fsp3) is 0.700. The summed E-state index contributed by atoms with van der Waals surface area (Å²) in [7, 11) is 1.81. The number of nitrogens with one attached hydrogen (secondary N) is 2. The van der Waals surface area contributed by atoms with Crippen molar-refractivity contribution in [2.45, 2.75) is 71.0 Å². The van der Waals surface area contributed by atoms with E-state index >= 15 is 0 Å². The molecule has 31 heavy (non-hydrogen) atoms. The Bertz CT molecular complexity index is 927. The first-order chi connectivity index (χ1) is 14.5. The van der Waals surface area contributed by atoms with Crippen LogP contribution in [0.25, 0.3) is 11.2 Å². The Morgan fingerprint density at radius 2 is 2.10 bits per heavy atom. The number of aromatic nitrogens is 4. The molecule has 0 spiro atoms. The summed E-state index contributed by atoms with van der Waals surface area (Å²) < 4.78 is 21.9. The van der Waals surface area contributed by atoms with Gasteiger partial charge in [-0.05, 0) is 34.1 Å². The molecule has 0 saturated carbocycles. The van der Waals surface area contributed by atoms with Crippen LogP contribution < -0.4 is 10.6 Å². The van der Waals surface area contributed by atoms with E-state index in [1.807, 2.05) is 6.92 Å².